The first-order valence-electron chi connectivity index (χ1n) is 10.1. The van der Waals surface area contributed by atoms with Crippen molar-refractivity contribution in [2.45, 2.75) is 6.18 Å². The second-order valence-electron chi connectivity index (χ2n) is 7.52. The minimum atomic E-state index is -4.82. The summed E-state index contributed by atoms with van der Waals surface area (Å²) in [5.74, 6) is -0.573. The molecule has 0 aliphatic carbocycles. The summed E-state index contributed by atoms with van der Waals surface area (Å²) in [7, 11) is 3.72. The first-order valence-corrected chi connectivity index (χ1v) is 11.0. The number of nitrogens with zero attached hydrogens (tertiary/aromatic N) is 4. The number of hydrogen-bond donors (Lipinski definition) is 2. The number of anilines is 4. The number of hydrogen-bond acceptors (Lipinski definition) is 7. The Balaban J connectivity index is 1.45. The van der Waals surface area contributed by atoms with Gasteiger partial charge in [-0.2, -0.15) is 13.2 Å². The summed E-state index contributed by atoms with van der Waals surface area (Å²) in [6.45, 7) is 0. The fourth-order valence-corrected chi connectivity index (χ4v) is 3.79. The Kier molecular flexibility index (Phi) is 6.65. The molecule has 0 atom stereocenters. The van der Waals surface area contributed by atoms with Crippen LogP contribution in [0.1, 0.15) is 15.9 Å². The van der Waals surface area contributed by atoms with Gasteiger partial charge >= 0.3 is 6.18 Å². The van der Waals surface area contributed by atoms with E-state index in [1.807, 2.05) is 19.0 Å². The van der Waals surface area contributed by atoms with Crippen LogP contribution in [-0.2, 0) is 6.18 Å². The molecule has 0 spiro atoms. The minimum absolute atomic E-state index is 0.00427. The lowest BCUT2D eigenvalue weighted by Crippen LogP contribution is -2.12. The van der Waals surface area contributed by atoms with Gasteiger partial charge in [-0.05, 0) is 36.4 Å². The number of carbonyl (C=O) groups excluding carboxylic acids is 1. The van der Waals surface area contributed by atoms with Gasteiger partial charge in [-0.1, -0.05) is 6.07 Å². The summed E-state index contributed by atoms with van der Waals surface area (Å²) in [5.41, 5.74) is -0.651. The number of aromatic nitrogens is 3. The minimum Gasteiger partial charge on any atom is -0.363 e. The summed E-state index contributed by atoms with van der Waals surface area (Å²) < 4.78 is 53.3. The zero-order valence-corrected chi connectivity index (χ0v) is 19.2. The average molecular weight is 502 g/mol. The molecule has 4 rings (SSSR count). The largest absolute Gasteiger partial charge is 0.419 e. The van der Waals surface area contributed by atoms with E-state index in [2.05, 4.69) is 25.6 Å². The molecule has 0 saturated carbocycles. The van der Waals surface area contributed by atoms with Gasteiger partial charge < -0.3 is 10.2 Å². The maximum atomic E-state index is 14.4. The summed E-state index contributed by atoms with van der Waals surface area (Å²) >= 11 is 0.976. The summed E-state index contributed by atoms with van der Waals surface area (Å²) in [6.07, 6.45) is -3.39. The van der Waals surface area contributed by atoms with Crippen LogP contribution in [0.4, 0.5) is 40.0 Å². The maximum Gasteiger partial charge on any atom is 0.419 e. The number of alkyl halides is 3. The highest BCUT2D eigenvalue weighted by atomic mass is 32.1. The van der Waals surface area contributed by atoms with E-state index in [1.54, 1.807) is 30.3 Å². The molecule has 7 nitrogen and oxygen atoms in total. The van der Waals surface area contributed by atoms with Gasteiger partial charge in [0.25, 0.3) is 5.91 Å². The Bertz CT molecular complexity index is 1350. The molecule has 0 saturated heterocycles. The summed E-state index contributed by atoms with van der Waals surface area (Å²) in [5, 5.41) is 7.21. The number of amides is 1. The number of carbonyl (C=O) groups is 1. The quantitative estimate of drug-likeness (QED) is 0.324. The van der Waals surface area contributed by atoms with Crippen LogP contribution < -0.4 is 15.5 Å². The van der Waals surface area contributed by atoms with Crippen molar-refractivity contribution in [3.05, 3.63) is 77.2 Å². The van der Waals surface area contributed by atoms with E-state index < -0.39 is 23.5 Å². The van der Waals surface area contributed by atoms with E-state index in [9.17, 15) is 22.4 Å². The molecule has 0 fully saturated rings. The molecule has 2 N–H and O–H groups in total. The van der Waals surface area contributed by atoms with Crippen molar-refractivity contribution < 1.29 is 22.4 Å². The molecule has 2 heterocycles. The molecule has 12 heteroatoms. The molecule has 35 heavy (non-hydrogen) atoms. The van der Waals surface area contributed by atoms with Crippen LogP contribution in [0.3, 0.4) is 0 Å². The van der Waals surface area contributed by atoms with Gasteiger partial charge in [0.15, 0.2) is 5.13 Å². The Hall–Kier alpha value is -4.06. The second kappa shape index (κ2) is 9.66. The van der Waals surface area contributed by atoms with Crippen molar-refractivity contribution in [3.8, 4) is 11.3 Å². The topological polar surface area (TPSA) is 83.0 Å². The zero-order chi connectivity index (χ0) is 25.2. The molecule has 2 aromatic heterocycles. The first-order chi connectivity index (χ1) is 16.6. The predicted octanol–water partition coefficient (Wildman–Crippen LogP) is 5.82. The van der Waals surface area contributed by atoms with Crippen molar-refractivity contribution in [2.24, 2.45) is 0 Å². The molecule has 1 amide bonds. The lowest BCUT2D eigenvalue weighted by atomic mass is 10.1. The summed E-state index contributed by atoms with van der Waals surface area (Å²) in [4.78, 5) is 26.8. The van der Waals surface area contributed by atoms with Crippen molar-refractivity contribution >= 4 is 39.7 Å². The van der Waals surface area contributed by atoms with Gasteiger partial charge in [-0.15, -0.1) is 11.3 Å². The Labute approximate surface area is 201 Å². The van der Waals surface area contributed by atoms with E-state index in [-0.39, 0.29) is 16.4 Å². The Morgan fingerprint density at radius 1 is 1.06 bits per heavy atom. The van der Waals surface area contributed by atoms with Crippen LogP contribution in [0.15, 0.2) is 60.2 Å². The lowest BCUT2D eigenvalue weighted by Gasteiger charge is -2.12. The van der Waals surface area contributed by atoms with Crippen molar-refractivity contribution in [2.75, 3.05) is 29.6 Å². The highest BCUT2D eigenvalue weighted by molar-refractivity contribution is 7.14. The predicted molar refractivity (Wildman–Crippen MR) is 127 cm³/mol. The van der Waals surface area contributed by atoms with Crippen LogP contribution in [0.5, 0.6) is 0 Å². The number of nitrogens with one attached hydrogen (secondary N) is 2. The molecule has 180 valence electrons. The molecule has 2 aromatic carbocycles. The number of rotatable bonds is 6. The fraction of sp³-hybridized carbons (Fsp3) is 0.130. The van der Waals surface area contributed by atoms with E-state index in [4.69, 9.17) is 0 Å². The van der Waals surface area contributed by atoms with Crippen LogP contribution in [0.2, 0.25) is 0 Å². The highest BCUT2D eigenvalue weighted by Gasteiger charge is 2.35. The molecule has 0 aliphatic rings. The van der Waals surface area contributed by atoms with Gasteiger partial charge in [0.1, 0.15) is 23.8 Å². The molecule has 0 radical (unpaired) electrons. The smallest absolute Gasteiger partial charge is 0.363 e. The normalized spacial score (nSPS) is 11.3. The SMILES string of the molecule is CN(C)c1cc(Nc2ccc(C(=O)Nc3nc(-c4cccc(C(F)(F)F)c4F)cs3)cc2)ncn1. The average Bonchev–Trinajstić information content (AvgIpc) is 3.27. The van der Waals surface area contributed by atoms with Crippen molar-refractivity contribution in [1.29, 1.82) is 0 Å². The van der Waals surface area contributed by atoms with Crippen LogP contribution in [0.25, 0.3) is 11.3 Å². The Morgan fingerprint density at radius 3 is 2.49 bits per heavy atom. The van der Waals surface area contributed by atoms with E-state index in [0.717, 1.165) is 23.2 Å². The zero-order valence-electron chi connectivity index (χ0n) is 18.4. The number of benzene rings is 2. The lowest BCUT2D eigenvalue weighted by molar-refractivity contribution is -0.139. The third kappa shape index (κ3) is 5.54. The highest BCUT2D eigenvalue weighted by Crippen LogP contribution is 2.36. The Morgan fingerprint density at radius 2 is 1.80 bits per heavy atom. The molecule has 0 unspecified atom stereocenters. The maximum absolute atomic E-state index is 14.4. The van der Waals surface area contributed by atoms with E-state index in [1.165, 1.54) is 17.8 Å². The van der Waals surface area contributed by atoms with Gasteiger partial charge in [-0.25, -0.2) is 19.3 Å². The van der Waals surface area contributed by atoms with Crippen LogP contribution >= 0.6 is 11.3 Å². The third-order valence-corrected chi connectivity index (χ3v) is 5.59. The molecular formula is C23H18F4N6OS. The number of thiazole rings is 1. The van der Waals surface area contributed by atoms with Gasteiger partial charge in [0.05, 0.1) is 11.3 Å². The van der Waals surface area contributed by atoms with Crippen molar-refractivity contribution in [1.82, 2.24) is 15.0 Å². The fourth-order valence-electron chi connectivity index (χ4n) is 3.09. The van der Waals surface area contributed by atoms with Gasteiger partial charge in [0.2, 0.25) is 0 Å². The van der Waals surface area contributed by atoms with Gasteiger partial charge in [-0.3, -0.25) is 10.1 Å². The third-order valence-electron chi connectivity index (χ3n) is 4.84. The standard InChI is InChI=1S/C23H18F4N6OS/c1-33(2)19-10-18(28-12-29-19)30-14-8-6-13(7-9-14)21(34)32-22-31-17(11-35-22)15-4-3-5-16(20(15)24)23(25,26)27/h3-12H,1-2H3,(H,28,29,30)(H,31,32,34). The number of halogens is 4. The summed E-state index contributed by atoms with van der Waals surface area (Å²) in [6, 6.07) is 11.3. The van der Waals surface area contributed by atoms with Crippen molar-refractivity contribution in [3.63, 3.8) is 0 Å². The molecular weight excluding hydrogens is 484 g/mol. The van der Waals surface area contributed by atoms with Crippen LogP contribution in [0, 0.1) is 5.82 Å². The molecule has 4 aromatic rings. The van der Waals surface area contributed by atoms with E-state index >= 15 is 0 Å². The van der Waals surface area contributed by atoms with Gasteiger partial charge in [0, 0.05) is 42.4 Å². The monoisotopic (exact) mass is 502 g/mol. The first kappa shape index (κ1) is 24.1. The van der Waals surface area contributed by atoms with Crippen LogP contribution in [-0.4, -0.2) is 35.0 Å². The van der Waals surface area contributed by atoms with E-state index in [0.29, 0.717) is 23.1 Å². The second-order valence-corrected chi connectivity index (χ2v) is 8.37. The molecule has 0 aliphatic heterocycles. The molecule has 0 bridgehead atoms.